The van der Waals surface area contributed by atoms with Gasteiger partial charge in [0.2, 0.25) is 5.91 Å². The Morgan fingerprint density at radius 2 is 1.97 bits per heavy atom. The number of halogens is 1. The Morgan fingerprint density at radius 3 is 2.67 bits per heavy atom. The number of fused-ring (bicyclic) bond motifs is 3. The first-order valence-electron chi connectivity index (χ1n) is 11.0. The van der Waals surface area contributed by atoms with Crippen LogP contribution in [0.4, 0.5) is 4.39 Å². The molecule has 0 unspecified atom stereocenters. The van der Waals surface area contributed by atoms with Gasteiger partial charge in [-0.3, -0.25) is 19.5 Å². The molecule has 0 saturated carbocycles. The van der Waals surface area contributed by atoms with Crippen molar-refractivity contribution in [2.45, 2.75) is 25.2 Å². The molecule has 4 heterocycles. The fourth-order valence-corrected chi connectivity index (χ4v) is 5.41. The number of nitrogens with zero attached hydrogens (tertiary/aromatic N) is 3. The van der Waals surface area contributed by atoms with Gasteiger partial charge in [0.15, 0.2) is 0 Å². The Labute approximate surface area is 190 Å². The van der Waals surface area contributed by atoms with Crippen LogP contribution in [0.3, 0.4) is 0 Å². The summed E-state index contributed by atoms with van der Waals surface area (Å²) >= 11 is 0. The Kier molecular flexibility index (Phi) is 5.55. The van der Waals surface area contributed by atoms with Gasteiger partial charge < -0.3 is 15.0 Å². The molecule has 2 aliphatic heterocycles. The Balaban J connectivity index is 1.41. The van der Waals surface area contributed by atoms with Gasteiger partial charge >= 0.3 is 0 Å². The number of hydrogen-bond acceptors (Lipinski definition) is 5. The molecule has 4 atom stereocenters. The minimum atomic E-state index is -0.505. The number of benzene rings is 1. The highest BCUT2D eigenvalue weighted by Gasteiger charge is 2.54. The van der Waals surface area contributed by atoms with Crippen molar-refractivity contribution >= 4 is 5.91 Å². The maximum absolute atomic E-state index is 13.3. The summed E-state index contributed by atoms with van der Waals surface area (Å²) in [6, 6.07) is 14.4. The zero-order valence-electron chi connectivity index (χ0n) is 18.2. The number of likely N-dealkylation sites (tertiary alicyclic amines) is 1. The number of amides is 1. The molecule has 0 bridgehead atoms. The van der Waals surface area contributed by atoms with E-state index in [1.807, 2.05) is 36.2 Å². The van der Waals surface area contributed by atoms with E-state index in [0.717, 1.165) is 11.4 Å². The molecule has 1 saturated heterocycles. The summed E-state index contributed by atoms with van der Waals surface area (Å²) in [4.78, 5) is 32.5. The number of nitrogens with one attached hydrogen (secondary N) is 1. The zero-order valence-corrected chi connectivity index (χ0v) is 18.2. The molecule has 1 aromatic carbocycles. The van der Waals surface area contributed by atoms with Crippen molar-refractivity contribution in [2.75, 3.05) is 13.7 Å². The van der Waals surface area contributed by atoms with Crippen LogP contribution in [-0.4, -0.2) is 45.2 Å². The topological polar surface area (TPSA) is 87.5 Å². The van der Waals surface area contributed by atoms with Gasteiger partial charge in [-0.05, 0) is 49.0 Å². The predicted molar refractivity (Wildman–Crippen MR) is 121 cm³/mol. The van der Waals surface area contributed by atoms with Gasteiger partial charge in [0, 0.05) is 42.4 Å². The van der Waals surface area contributed by atoms with Gasteiger partial charge in [-0.1, -0.05) is 18.2 Å². The van der Waals surface area contributed by atoms with Crippen LogP contribution in [0.15, 0.2) is 65.6 Å². The fraction of sp³-hybridized carbons (Fsp3) is 0.320. The lowest BCUT2D eigenvalue weighted by Crippen LogP contribution is -2.46. The average molecular weight is 448 g/mol. The van der Waals surface area contributed by atoms with E-state index in [1.165, 1.54) is 12.1 Å². The normalized spacial score (nSPS) is 23.8. The van der Waals surface area contributed by atoms with Gasteiger partial charge in [-0.25, -0.2) is 4.39 Å². The quantitative estimate of drug-likeness (QED) is 0.623. The monoisotopic (exact) mass is 448 g/mol. The third kappa shape index (κ3) is 3.65. The molecule has 0 spiro atoms. The summed E-state index contributed by atoms with van der Waals surface area (Å²) in [6.07, 6.45) is 1.68. The molecule has 1 amide bonds. The number of likely N-dealkylation sites (N-methyl/N-ethyl adjacent to an activating group) is 1. The smallest absolute Gasteiger partial charge is 0.258 e. The molecule has 2 aromatic heterocycles. The molecular formula is C25H25FN4O3. The molecular weight excluding hydrogens is 423 g/mol. The van der Waals surface area contributed by atoms with Crippen molar-refractivity contribution in [2.24, 2.45) is 11.8 Å². The molecule has 0 radical (unpaired) electrons. The van der Waals surface area contributed by atoms with Gasteiger partial charge in [0.05, 0.1) is 24.3 Å². The highest BCUT2D eigenvalue weighted by atomic mass is 19.1. The van der Waals surface area contributed by atoms with E-state index < -0.39 is 6.04 Å². The summed E-state index contributed by atoms with van der Waals surface area (Å²) in [6.45, 7) is 0.586. The van der Waals surface area contributed by atoms with Crippen LogP contribution >= 0.6 is 0 Å². The van der Waals surface area contributed by atoms with E-state index in [2.05, 4.69) is 10.3 Å². The minimum absolute atomic E-state index is 0.0678. The van der Waals surface area contributed by atoms with Crippen LogP contribution < -0.4 is 10.9 Å². The number of rotatable bonds is 5. The zero-order chi connectivity index (χ0) is 23.1. The van der Waals surface area contributed by atoms with Crippen LogP contribution in [0.1, 0.15) is 17.4 Å². The molecule has 33 heavy (non-hydrogen) atoms. The van der Waals surface area contributed by atoms with Crippen LogP contribution in [0.2, 0.25) is 0 Å². The van der Waals surface area contributed by atoms with Crippen molar-refractivity contribution in [1.82, 2.24) is 19.8 Å². The van der Waals surface area contributed by atoms with E-state index in [-0.39, 0.29) is 41.8 Å². The third-order valence-corrected chi connectivity index (χ3v) is 6.95. The number of aliphatic hydroxyl groups is 1. The molecule has 2 N–H and O–H groups in total. The van der Waals surface area contributed by atoms with Crippen molar-refractivity contribution < 1.29 is 14.3 Å². The molecule has 2 aliphatic rings. The molecule has 0 aliphatic carbocycles. The molecule has 7 nitrogen and oxygen atoms in total. The lowest BCUT2D eigenvalue weighted by Gasteiger charge is -2.27. The number of carbonyl (C=O) groups excluding carboxylic acids is 1. The maximum Gasteiger partial charge on any atom is 0.258 e. The number of pyridine rings is 2. The first kappa shape index (κ1) is 21.5. The van der Waals surface area contributed by atoms with Gasteiger partial charge in [-0.15, -0.1) is 0 Å². The largest absolute Gasteiger partial charge is 0.396 e. The molecule has 3 aromatic rings. The van der Waals surface area contributed by atoms with Crippen molar-refractivity contribution in [3.8, 4) is 11.1 Å². The number of aliphatic hydroxyl groups excluding tert-OH is 1. The molecule has 8 heteroatoms. The average Bonchev–Trinajstić information content (AvgIpc) is 3.34. The predicted octanol–water partition coefficient (Wildman–Crippen LogP) is 1.96. The van der Waals surface area contributed by atoms with Crippen LogP contribution in [0, 0.1) is 17.7 Å². The summed E-state index contributed by atoms with van der Waals surface area (Å²) in [5.41, 5.74) is 2.61. The standard InChI is InChI=1S/C25H25FN4O3/c1-29-22-19(20(14-31)23(29)24(32)28-12-17-4-2-3-11-27-17)13-30-21(22)10-9-18(25(30)33)15-5-7-16(26)8-6-15/h2-11,19-20,22-23,31H,12-14H2,1H3,(H,28,32)/t19-,20-,22+,23-/m1/s1. The van der Waals surface area contributed by atoms with Gasteiger partial charge in [-0.2, -0.15) is 0 Å². The van der Waals surface area contributed by atoms with Crippen molar-refractivity contribution in [3.63, 3.8) is 0 Å². The Morgan fingerprint density at radius 1 is 1.18 bits per heavy atom. The van der Waals surface area contributed by atoms with Gasteiger partial charge in [0.25, 0.3) is 5.56 Å². The Hall–Kier alpha value is -3.36. The number of hydrogen-bond donors (Lipinski definition) is 2. The van der Waals surface area contributed by atoms with Crippen LogP contribution in [-0.2, 0) is 17.9 Å². The third-order valence-electron chi connectivity index (χ3n) is 6.95. The summed E-state index contributed by atoms with van der Waals surface area (Å²) in [7, 11) is 1.87. The van der Waals surface area contributed by atoms with Gasteiger partial charge in [0.1, 0.15) is 5.82 Å². The highest BCUT2D eigenvalue weighted by molar-refractivity contribution is 5.82. The second-order valence-corrected chi connectivity index (χ2v) is 8.70. The van der Waals surface area contributed by atoms with E-state index in [1.54, 1.807) is 29.0 Å². The van der Waals surface area contributed by atoms with Crippen LogP contribution in [0.25, 0.3) is 11.1 Å². The number of carbonyl (C=O) groups is 1. The fourth-order valence-electron chi connectivity index (χ4n) is 5.41. The Bertz CT molecular complexity index is 1230. The minimum Gasteiger partial charge on any atom is -0.396 e. The van der Waals surface area contributed by atoms with E-state index >= 15 is 0 Å². The summed E-state index contributed by atoms with van der Waals surface area (Å²) < 4.78 is 15.0. The van der Waals surface area contributed by atoms with Crippen molar-refractivity contribution in [3.05, 3.63) is 88.4 Å². The SMILES string of the molecule is CN1[C@@H]2c3ccc(-c4ccc(F)cc4)c(=O)n3C[C@@H]2[C@@H](CO)[C@@H]1C(=O)NCc1ccccn1. The lowest BCUT2D eigenvalue weighted by molar-refractivity contribution is -0.127. The van der Waals surface area contributed by atoms with Crippen LogP contribution in [0.5, 0.6) is 0 Å². The maximum atomic E-state index is 13.3. The van der Waals surface area contributed by atoms with Crippen molar-refractivity contribution in [1.29, 1.82) is 0 Å². The summed E-state index contributed by atoms with van der Waals surface area (Å²) in [5.74, 6) is -0.887. The molecule has 170 valence electrons. The first-order valence-corrected chi connectivity index (χ1v) is 11.0. The highest BCUT2D eigenvalue weighted by Crippen LogP contribution is 2.48. The summed E-state index contributed by atoms with van der Waals surface area (Å²) in [5, 5.41) is 13.1. The van der Waals surface area contributed by atoms with E-state index in [9.17, 15) is 19.1 Å². The van der Waals surface area contributed by atoms with E-state index in [0.29, 0.717) is 24.2 Å². The second-order valence-electron chi connectivity index (χ2n) is 8.70. The first-order chi connectivity index (χ1) is 16.0. The molecule has 5 rings (SSSR count). The second kappa shape index (κ2) is 8.53. The number of aromatic nitrogens is 2. The van der Waals surface area contributed by atoms with E-state index in [4.69, 9.17) is 0 Å². The lowest BCUT2D eigenvalue weighted by atomic mass is 9.88. The molecule has 1 fully saturated rings.